The summed E-state index contributed by atoms with van der Waals surface area (Å²) in [5.41, 5.74) is 5.74. The first kappa shape index (κ1) is 43.0. The van der Waals surface area contributed by atoms with Crippen LogP contribution in [-0.2, 0) is 25.2 Å². The van der Waals surface area contributed by atoms with Crippen molar-refractivity contribution in [2.24, 2.45) is 11.1 Å². The minimum absolute atomic E-state index is 0. The van der Waals surface area contributed by atoms with Crippen LogP contribution in [0, 0.1) is 0 Å². The second-order valence-electron chi connectivity index (χ2n) is 13.8. The Balaban J connectivity index is 0.000000177. The van der Waals surface area contributed by atoms with Crippen LogP contribution in [0.4, 0.5) is 26.3 Å². The van der Waals surface area contributed by atoms with E-state index in [-0.39, 0.29) is 29.8 Å². The number of carbonyl (C=O) groups excluding carboxylic acids is 1. The number of alkyl halides is 6. The van der Waals surface area contributed by atoms with E-state index in [1.54, 1.807) is 18.5 Å². The third-order valence-electron chi connectivity index (χ3n) is 10.1. The summed E-state index contributed by atoms with van der Waals surface area (Å²) >= 11 is 0. The van der Waals surface area contributed by atoms with E-state index < -0.39 is 23.7 Å². The zero-order chi connectivity index (χ0) is 43.1. The Labute approximate surface area is 352 Å². The monoisotopic (exact) mass is 872 g/mol. The maximum atomic E-state index is 13.1. The number of hydrogen-bond acceptors (Lipinski definition) is 11. The van der Waals surface area contributed by atoms with Gasteiger partial charge in [-0.3, -0.25) is 4.79 Å². The van der Waals surface area contributed by atoms with Gasteiger partial charge in [0.05, 0.1) is 40.5 Å². The standard InChI is InChI=1S/C21H14F3N5O.C21H13F3N4O.ClH.H3NO/c22-21(23,24)18-2-1-3-19(27-18)29-17-10-13(4-5-14(17)11-25-29)15-8-6-12-7-9-16(28-30)20(12)26-15;22-21(23,24)18-2-1-3-19(27-18)28-16-10-13(4-5-14(16)11-25-28)15-8-6-12-7-9-17(29)20(12)26-15;;1-2/h1-6,8,10-11,30H,7,9H2;1-6,8,10-11H,7,9H2;1H;2H,1H2. The van der Waals surface area contributed by atoms with Crippen LogP contribution < -0.4 is 5.90 Å². The van der Waals surface area contributed by atoms with Gasteiger partial charge >= 0.3 is 12.4 Å². The highest BCUT2D eigenvalue weighted by molar-refractivity contribution is 6.03. The van der Waals surface area contributed by atoms with Crippen LogP contribution >= 0.6 is 12.4 Å². The van der Waals surface area contributed by atoms with Gasteiger partial charge in [0.1, 0.15) is 22.8 Å². The lowest BCUT2D eigenvalue weighted by molar-refractivity contribution is -0.141. The molecule has 4 N–H and O–H groups in total. The van der Waals surface area contributed by atoms with Gasteiger partial charge in [-0.25, -0.2) is 35.2 Å². The van der Waals surface area contributed by atoms with Crippen molar-refractivity contribution in [3.05, 3.63) is 143 Å². The van der Waals surface area contributed by atoms with E-state index in [4.69, 9.17) is 5.21 Å². The first-order chi connectivity index (χ1) is 29.3. The topological polar surface area (TPSA) is 183 Å². The molecule has 0 aliphatic heterocycles. The second kappa shape index (κ2) is 17.1. The predicted molar refractivity (Wildman–Crippen MR) is 217 cm³/mol. The zero-order valence-electron chi connectivity index (χ0n) is 31.8. The summed E-state index contributed by atoms with van der Waals surface area (Å²) in [5, 5.41) is 28.9. The molecule has 0 saturated heterocycles. The maximum Gasteiger partial charge on any atom is 0.433 e. The van der Waals surface area contributed by atoms with E-state index in [1.807, 2.05) is 54.6 Å². The van der Waals surface area contributed by atoms with E-state index in [0.717, 1.165) is 51.6 Å². The lowest BCUT2D eigenvalue weighted by Gasteiger charge is -2.09. The fourth-order valence-electron chi connectivity index (χ4n) is 7.15. The molecule has 20 heteroatoms. The quantitative estimate of drug-likeness (QED) is 0.0877. The molecule has 0 saturated carbocycles. The summed E-state index contributed by atoms with van der Waals surface area (Å²) in [4.78, 5) is 28.6. The van der Waals surface area contributed by atoms with E-state index in [9.17, 15) is 36.3 Å². The van der Waals surface area contributed by atoms with Crippen LogP contribution in [-0.4, -0.2) is 61.4 Å². The number of ketones is 1. The highest BCUT2D eigenvalue weighted by atomic mass is 35.5. The third-order valence-corrected chi connectivity index (χ3v) is 10.1. The van der Waals surface area contributed by atoms with Crippen molar-refractivity contribution in [2.75, 3.05) is 0 Å². The molecule has 0 radical (unpaired) electrons. The predicted octanol–water partition coefficient (Wildman–Crippen LogP) is 9.01. The molecular formula is C42H31ClF6N10O3. The minimum atomic E-state index is -4.54. The first-order valence-electron chi connectivity index (χ1n) is 18.4. The number of benzene rings is 2. The summed E-state index contributed by atoms with van der Waals surface area (Å²) in [5.74, 6) is 3.68. The molecule has 62 heavy (non-hydrogen) atoms. The Bertz CT molecular complexity index is 3000. The molecule has 316 valence electrons. The second-order valence-corrected chi connectivity index (χ2v) is 13.8. The van der Waals surface area contributed by atoms with Gasteiger partial charge < -0.3 is 10.4 Å². The molecule has 0 atom stereocenters. The van der Waals surface area contributed by atoms with Crippen molar-refractivity contribution in [2.45, 2.75) is 38.0 Å². The molecule has 10 rings (SSSR count). The molecule has 2 aromatic carbocycles. The van der Waals surface area contributed by atoms with Gasteiger partial charge in [-0.2, -0.15) is 36.5 Å². The van der Waals surface area contributed by atoms with Crippen molar-refractivity contribution >= 4 is 45.7 Å². The van der Waals surface area contributed by atoms with Gasteiger partial charge in [0, 0.05) is 28.3 Å². The largest absolute Gasteiger partial charge is 0.433 e. The fraction of sp³-hybridized carbons (Fsp3) is 0.143. The Morgan fingerprint density at radius 2 is 1.05 bits per heavy atom. The Morgan fingerprint density at radius 1 is 0.581 bits per heavy atom. The SMILES string of the molecule is Cl.NO.O=C1CCc2ccc(-c3ccc4cnn(-c5cccc(C(F)(F)F)n5)c4c3)nc21.ON=C1CCc2ccc(-c3ccc4cnn(-c5cccc(C(F)(F)F)n5)c4c3)nc21. The number of aromatic nitrogens is 8. The van der Waals surface area contributed by atoms with Gasteiger partial charge in [-0.1, -0.05) is 53.7 Å². The molecule has 13 nitrogen and oxygen atoms in total. The molecule has 0 fully saturated rings. The Kier molecular flexibility index (Phi) is 11.9. The van der Waals surface area contributed by atoms with E-state index in [2.05, 4.69) is 41.2 Å². The number of oxime groups is 1. The summed E-state index contributed by atoms with van der Waals surface area (Å²) in [6.07, 6.45) is -3.35. The molecule has 0 spiro atoms. The zero-order valence-corrected chi connectivity index (χ0v) is 32.6. The smallest absolute Gasteiger partial charge is 0.411 e. The molecule has 8 aromatic rings. The van der Waals surface area contributed by atoms with Gasteiger partial charge in [0.2, 0.25) is 0 Å². The molecule has 6 aromatic heterocycles. The van der Waals surface area contributed by atoms with Crippen molar-refractivity contribution in [1.82, 2.24) is 39.5 Å². The number of hydrogen-bond donors (Lipinski definition) is 3. The maximum absolute atomic E-state index is 13.1. The number of rotatable bonds is 4. The average molecular weight is 873 g/mol. The number of nitrogens with two attached hydrogens (primary N) is 1. The number of pyridine rings is 4. The molecule has 0 unspecified atom stereocenters. The fourth-order valence-corrected chi connectivity index (χ4v) is 7.15. The minimum Gasteiger partial charge on any atom is -0.411 e. The van der Waals surface area contributed by atoms with Gasteiger partial charge in [-0.05, 0) is 78.9 Å². The molecular weight excluding hydrogens is 842 g/mol. The van der Waals surface area contributed by atoms with Crippen LogP contribution in [0.25, 0.3) is 56.0 Å². The number of halogens is 7. The normalized spacial score (nSPS) is 13.9. The van der Waals surface area contributed by atoms with E-state index >= 15 is 0 Å². The van der Waals surface area contributed by atoms with E-state index in [1.165, 1.54) is 33.6 Å². The van der Waals surface area contributed by atoms with Gasteiger partial charge in [0.15, 0.2) is 17.4 Å². The summed E-state index contributed by atoms with van der Waals surface area (Å²) in [6.45, 7) is 0. The van der Waals surface area contributed by atoms with Crippen LogP contribution in [0.1, 0.15) is 51.5 Å². The van der Waals surface area contributed by atoms with Crippen molar-refractivity contribution in [3.63, 3.8) is 0 Å². The molecule has 0 amide bonds. The third kappa shape index (κ3) is 8.32. The van der Waals surface area contributed by atoms with Crippen LogP contribution in [0.2, 0.25) is 0 Å². The van der Waals surface area contributed by atoms with Crippen molar-refractivity contribution in [3.8, 4) is 34.2 Å². The molecule has 6 heterocycles. The number of Topliss-reactive ketones (excluding diaryl/α,β-unsaturated/α-hetero) is 1. The van der Waals surface area contributed by atoms with Crippen molar-refractivity contribution < 1.29 is 41.6 Å². The Morgan fingerprint density at radius 3 is 1.53 bits per heavy atom. The van der Waals surface area contributed by atoms with Crippen LogP contribution in [0.15, 0.2) is 115 Å². The number of aryl methyl sites for hydroxylation is 2. The van der Waals surface area contributed by atoms with Crippen LogP contribution in [0.3, 0.4) is 0 Å². The Hall–Kier alpha value is -7.09. The lowest BCUT2D eigenvalue weighted by atomic mass is 10.1. The summed E-state index contributed by atoms with van der Waals surface area (Å²) < 4.78 is 81.0. The first-order valence-corrected chi connectivity index (χ1v) is 18.4. The highest BCUT2D eigenvalue weighted by Gasteiger charge is 2.34. The highest BCUT2D eigenvalue weighted by Crippen LogP contribution is 2.33. The molecule has 2 aliphatic carbocycles. The van der Waals surface area contributed by atoms with Gasteiger partial charge in [0.25, 0.3) is 0 Å². The lowest BCUT2D eigenvalue weighted by Crippen LogP contribution is -2.10. The molecule has 2 aliphatic rings. The summed E-state index contributed by atoms with van der Waals surface area (Å²) in [6, 6.07) is 26.0. The van der Waals surface area contributed by atoms with E-state index in [0.29, 0.717) is 58.8 Å². The van der Waals surface area contributed by atoms with Crippen LogP contribution in [0.5, 0.6) is 0 Å². The summed E-state index contributed by atoms with van der Waals surface area (Å²) in [7, 11) is 0. The number of carbonyl (C=O) groups is 1. The average Bonchev–Trinajstić information content (AvgIpc) is 4.08. The number of fused-ring (bicyclic) bond motifs is 4. The van der Waals surface area contributed by atoms with Crippen molar-refractivity contribution in [1.29, 1.82) is 0 Å². The van der Waals surface area contributed by atoms with Gasteiger partial charge in [-0.15, -0.1) is 12.4 Å². The number of nitrogens with zero attached hydrogens (tertiary/aromatic N) is 9. The molecule has 0 bridgehead atoms.